The molecular weight excluding hydrogens is 263 g/mol. The average Bonchev–Trinajstić information content (AvgIpc) is 2.28. The minimum absolute atomic E-state index is 0.183. The highest BCUT2D eigenvalue weighted by molar-refractivity contribution is 7.86. The molecule has 0 saturated heterocycles. The third-order valence-electron chi connectivity index (χ3n) is 2.26. The first-order valence-electron chi connectivity index (χ1n) is 4.77. The van der Waals surface area contributed by atoms with E-state index in [2.05, 4.69) is 0 Å². The van der Waals surface area contributed by atoms with Crippen molar-refractivity contribution in [1.29, 1.82) is 0 Å². The minimum Gasteiger partial charge on any atom is -0.189 e. The van der Waals surface area contributed by atoms with Gasteiger partial charge in [-0.2, -0.15) is 8.42 Å². The molecule has 0 heterocycles. The van der Waals surface area contributed by atoms with E-state index in [0.717, 1.165) is 11.6 Å². The third-order valence-corrected chi connectivity index (χ3v) is 3.28. The lowest BCUT2D eigenvalue weighted by atomic mass is 10.1. The number of hydrogen-bond acceptors (Lipinski definition) is 2. The first-order valence-corrected chi connectivity index (χ1v) is 6.53. The maximum Gasteiger partial charge on any atom is 0.332 e. The van der Waals surface area contributed by atoms with Gasteiger partial charge in [0.15, 0.2) is 0 Å². The lowest BCUT2D eigenvalue weighted by Crippen LogP contribution is -1.92. The predicted molar refractivity (Wildman–Crippen MR) is 65.2 cm³/mol. The smallest absolute Gasteiger partial charge is 0.189 e. The Kier molecular flexibility index (Phi) is 3.17. The van der Waals surface area contributed by atoms with Gasteiger partial charge in [-0.05, 0) is 29.3 Å². The Morgan fingerprint density at radius 2 is 1.59 bits per heavy atom. The maximum atomic E-state index is 12.9. The molecule has 5 heteroatoms. The van der Waals surface area contributed by atoms with Gasteiger partial charge in [0.2, 0.25) is 0 Å². The maximum absolute atomic E-state index is 12.9. The summed E-state index contributed by atoms with van der Waals surface area (Å²) in [6, 6.07) is 13.0. The van der Waals surface area contributed by atoms with Crippen LogP contribution in [-0.4, -0.2) is 8.42 Å². The summed E-state index contributed by atoms with van der Waals surface area (Å²) >= 11 is 5.77. The van der Waals surface area contributed by atoms with Gasteiger partial charge >= 0.3 is 10.2 Å². The molecular formula is C12H8ClFO2S. The predicted octanol–water partition coefficient (Wildman–Crippen LogP) is 3.67. The Bertz CT molecular complexity index is 639. The fourth-order valence-electron chi connectivity index (χ4n) is 1.50. The van der Waals surface area contributed by atoms with Crippen LogP contribution in [0.3, 0.4) is 0 Å². The Morgan fingerprint density at radius 1 is 0.941 bits per heavy atom. The summed E-state index contributed by atoms with van der Waals surface area (Å²) in [5, 5.41) is 0.183. The third kappa shape index (κ3) is 2.84. The Morgan fingerprint density at radius 3 is 2.18 bits per heavy atom. The van der Waals surface area contributed by atoms with Crippen LogP contribution in [0.5, 0.6) is 0 Å². The molecule has 0 fully saturated rings. The summed E-state index contributed by atoms with van der Waals surface area (Å²) in [6.07, 6.45) is 0. The van der Waals surface area contributed by atoms with Crippen LogP contribution in [0.15, 0.2) is 53.4 Å². The molecule has 2 aromatic carbocycles. The second-order valence-electron chi connectivity index (χ2n) is 3.48. The molecule has 0 aliphatic carbocycles. The second kappa shape index (κ2) is 4.47. The Hall–Kier alpha value is -1.39. The van der Waals surface area contributed by atoms with Gasteiger partial charge in [0, 0.05) is 5.02 Å². The molecule has 88 valence electrons. The molecule has 2 aromatic rings. The van der Waals surface area contributed by atoms with Gasteiger partial charge in [-0.15, -0.1) is 3.89 Å². The molecule has 17 heavy (non-hydrogen) atoms. The molecule has 0 aliphatic heterocycles. The Labute approximate surface area is 104 Å². The van der Waals surface area contributed by atoms with Gasteiger partial charge in [-0.1, -0.05) is 41.9 Å². The van der Waals surface area contributed by atoms with Gasteiger partial charge in [0.25, 0.3) is 0 Å². The standard InChI is InChI=1S/C12H8ClFO2S/c13-11-6-10(9-4-2-1-3-5-9)7-12(8-11)17(14,15)16/h1-8H. The molecule has 2 rings (SSSR count). The van der Waals surface area contributed by atoms with Crippen LogP contribution in [0, 0.1) is 0 Å². The van der Waals surface area contributed by atoms with Gasteiger partial charge < -0.3 is 0 Å². The summed E-state index contributed by atoms with van der Waals surface area (Å²) in [5.74, 6) is 0. The normalized spacial score (nSPS) is 11.4. The fraction of sp³-hybridized carbons (Fsp3) is 0. The summed E-state index contributed by atoms with van der Waals surface area (Å²) < 4.78 is 34.6. The van der Waals surface area contributed by atoms with E-state index in [9.17, 15) is 12.3 Å². The molecule has 0 spiro atoms. The summed E-state index contributed by atoms with van der Waals surface area (Å²) in [5.41, 5.74) is 1.34. The van der Waals surface area contributed by atoms with Crippen molar-refractivity contribution in [2.75, 3.05) is 0 Å². The molecule has 0 bridgehead atoms. The van der Waals surface area contributed by atoms with Crippen molar-refractivity contribution in [1.82, 2.24) is 0 Å². The van der Waals surface area contributed by atoms with Gasteiger partial charge in [0.05, 0.1) is 0 Å². The van der Waals surface area contributed by atoms with E-state index in [-0.39, 0.29) is 5.02 Å². The van der Waals surface area contributed by atoms with E-state index in [4.69, 9.17) is 11.6 Å². The minimum atomic E-state index is -4.74. The number of rotatable bonds is 2. The lowest BCUT2D eigenvalue weighted by Gasteiger charge is -2.04. The molecule has 0 saturated carbocycles. The molecule has 0 unspecified atom stereocenters. The van der Waals surface area contributed by atoms with Crippen LogP contribution >= 0.6 is 11.6 Å². The van der Waals surface area contributed by atoms with Gasteiger partial charge in [-0.3, -0.25) is 0 Å². The molecule has 0 aliphatic rings. The number of benzene rings is 2. The van der Waals surface area contributed by atoms with Crippen LogP contribution in [0.1, 0.15) is 0 Å². The van der Waals surface area contributed by atoms with Crippen molar-refractivity contribution < 1.29 is 12.3 Å². The molecule has 2 nitrogen and oxygen atoms in total. The van der Waals surface area contributed by atoms with Crippen LogP contribution in [0.4, 0.5) is 3.89 Å². The van der Waals surface area contributed by atoms with Gasteiger partial charge in [0.1, 0.15) is 4.90 Å². The van der Waals surface area contributed by atoms with Crippen LogP contribution < -0.4 is 0 Å². The monoisotopic (exact) mass is 270 g/mol. The van der Waals surface area contributed by atoms with Crippen molar-refractivity contribution >= 4 is 21.8 Å². The van der Waals surface area contributed by atoms with Crippen molar-refractivity contribution in [3.63, 3.8) is 0 Å². The lowest BCUT2D eigenvalue weighted by molar-refractivity contribution is 0.552. The van der Waals surface area contributed by atoms with Crippen molar-refractivity contribution in [3.05, 3.63) is 53.6 Å². The number of hydrogen-bond donors (Lipinski definition) is 0. The van der Waals surface area contributed by atoms with E-state index in [1.165, 1.54) is 6.07 Å². The summed E-state index contributed by atoms with van der Waals surface area (Å²) in [4.78, 5) is -0.427. The molecule has 0 radical (unpaired) electrons. The topological polar surface area (TPSA) is 34.1 Å². The quantitative estimate of drug-likeness (QED) is 0.781. The van der Waals surface area contributed by atoms with Gasteiger partial charge in [-0.25, -0.2) is 0 Å². The first kappa shape index (κ1) is 12.1. The second-order valence-corrected chi connectivity index (χ2v) is 5.26. The zero-order valence-electron chi connectivity index (χ0n) is 8.60. The van der Waals surface area contributed by atoms with Crippen LogP contribution in [0.2, 0.25) is 5.02 Å². The van der Waals surface area contributed by atoms with Crippen LogP contribution in [-0.2, 0) is 10.2 Å². The summed E-state index contributed by atoms with van der Waals surface area (Å²) in [7, 11) is -4.74. The highest BCUT2D eigenvalue weighted by Crippen LogP contribution is 2.27. The number of halogens is 2. The van der Waals surface area contributed by atoms with E-state index < -0.39 is 15.1 Å². The van der Waals surface area contributed by atoms with Crippen LogP contribution in [0.25, 0.3) is 11.1 Å². The van der Waals surface area contributed by atoms with Crippen molar-refractivity contribution in [2.45, 2.75) is 4.90 Å². The van der Waals surface area contributed by atoms with E-state index in [1.807, 2.05) is 6.07 Å². The highest BCUT2D eigenvalue weighted by Gasteiger charge is 2.14. The van der Waals surface area contributed by atoms with E-state index >= 15 is 0 Å². The zero-order valence-corrected chi connectivity index (χ0v) is 10.2. The molecule has 0 atom stereocenters. The zero-order chi connectivity index (χ0) is 12.5. The van der Waals surface area contributed by atoms with E-state index in [1.54, 1.807) is 30.3 Å². The van der Waals surface area contributed by atoms with Crippen molar-refractivity contribution in [3.8, 4) is 11.1 Å². The van der Waals surface area contributed by atoms with Crippen molar-refractivity contribution in [2.24, 2.45) is 0 Å². The highest BCUT2D eigenvalue weighted by atomic mass is 35.5. The summed E-state index contributed by atoms with van der Waals surface area (Å²) in [6.45, 7) is 0. The Balaban J connectivity index is 2.61. The molecule has 0 amide bonds. The molecule has 0 aromatic heterocycles. The SMILES string of the molecule is O=S(=O)(F)c1cc(Cl)cc(-c2ccccc2)c1. The molecule has 0 N–H and O–H groups in total. The fourth-order valence-corrected chi connectivity index (χ4v) is 2.34. The van der Waals surface area contributed by atoms with E-state index in [0.29, 0.717) is 5.56 Å². The largest absolute Gasteiger partial charge is 0.332 e. The average molecular weight is 271 g/mol. The first-order chi connectivity index (χ1) is 7.97.